The fourth-order valence-corrected chi connectivity index (χ4v) is 4.36. The van der Waals surface area contributed by atoms with Crippen molar-refractivity contribution < 1.29 is 18.6 Å². The van der Waals surface area contributed by atoms with E-state index >= 15 is 0 Å². The van der Waals surface area contributed by atoms with Crippen LogP contribution < -0.4 is 15.4 Å². The van der Waals surface area contributed by atoms with Crippen molar-refractivity contribution in [2.24, 2.45) is 5.73 Å². The van der Waals surface area contributed by atoms with E-state index in [1.54, 1.807) is 10.7 Å². The molecule has 0 bridgehead atoms. The number of pyridine rings is 2. The van der Waals surface area contributed by atoms with E-state index < -0.39 is 5.83 Å². The van der Waals surface area contributed by atoms with Crippen molar-refractivity contribution in [2.75, 3.05) is 38.3 Å². The molecule has 1 saturated heterocycles. The molecule has 10 nitrogen and oxygen atoms in total. The number of methoxy groups -OCH3 is 1. The zero-order valence-corrected chi connectivity index (χ0v) is 20.1. The highest BCUT2D eigenvalue weighted by Gasteiger charge is 2.31. The Morgan fingerprint density at radius 3 is 2.94 bits per heavy atom. The van der Waals surface area contributed by atoms with E-state index in [1.807, 2.05) is 37.5 Å². The first-order chi connectivity index (χ1) is 17.5. The molecule has 5 heterocycles. The van der Waals surface area contributed by atoms with Gasteiger partial charge in [-0.2, -0.15) is 5.10 Å². The molecule has 2 atom stereocenters. The van der Waals surface area contributed by atoms with E-state index in [9.17, 15) is 4.39 Å². The number of anilines is 1. The van der Waals surface area contributed by atoms with Crippen LogP contribution >= 0.6 is 0 Å². The number of nitrogens with zero attached hydrogens (tertiary/aromatic N) is 5. The van der Waals surface area contributed by atoms with Crippen LogP contribution in [0.15, 0.2) is 61.0 Å². The molecular formula is C25H28FN7O3. The number of nitrogens with one attached hydrogen (secondary N) is 1. The van der Waals surface area contributed by atoms with Gasteiger partial charge in [0.05, 0.1) is 55.8 Å². The number of nitrogens with two attached hydrogens (primary N) is 1. The molecule has 1 aliphatic heterocycles. The van der Waals surface area contributed by atoms with Gasteiger partial charge >= 0.3 is 0 Å². The van der Waals surface area contributed by atoms with Crippen LogP contribution in [0.3, 0.4) is 0 Å². The monoisotopic (exact) mass is 493 g/mol. The Balaban J connectivity index is 1.35. The number of hydrogen-bond donors (Lipinski definition) is 2. The summed E-state index contributed by atoms with van der Waals surface area (Å²) in [6, 6.07) is 5.74. The molecule has 0 spiro atoms. The molecular weight excluding hydrogens is 465 g/mol. The van der Waals surface area contributed by atoms with Crippen LogP contribution in [0.1, 0.15) is 6.92 Å². The molecule has 0 radical (unpaired) electrons. The average Bonchev–Trinajstić information content (AvgIpc) is 3.58. The number of H-pyrrole nitrogens is 1. The Hall–Kier alpha value is -3.96. The number of fused-ring (bicyclic) bond motifs is 3. The Bertz CT molecular complexity index is 1410. The summed E-state index contributed by atoms with van der Waals surface area (Å²) in [6.07, 6.45) is 6.48. The fraction of sp³-hybridized carbons (Fsp3) is 0.320. The SMILES string of the molecule is C=C(OC)/C(F)=C\CO[C@@H]1CN(c2ccc(-c3cc(OCC)cn4nc5[nH]ncc5c34)cn2)C[C@H]1N. The van der Waals surface area contributed by atoms with Crippen LogP contribution in [-0.4, -0.2) is 70.4 Å². The van der Waals surface area contributed by atoms with Crippen molar-refractivity contribution in [3.8, 4) is 16.9 Å². The zero-order chi connectivity index (χ0) is 25.2. The molecule has 11 heteroatoms. The van der Waals surface area contributed by atoms with Gasteiger partial charge in [-0.15, -0.1) is 5.10 Å². The van der Waals surface area contributed by atoms with Gasteiger partial charge in [-0.1, -0.05) is 6.58 Å². The lowest BCUT2D eigenvalue weighted by atomic mass is 10.1. The summed E-state index contributed by atoms with van der Waals surface area (Å²) in [7, 11) is 1.37. The summed E-state index contributed by atoms with van der Waals surface area (Å²) >= 11 is 0. The van der Waals surface area contributed by atoms with Gasteiger partial charge in [0.25, 0.3) is 0 Å². The van der Waals surface area contributed by atoms with E-state index in [1.165, 1.54) is 13.2 Å². The smallest absolute Gasteiger partial charge is 0.178 e. The molecule has 3 N–H and O–H groups in total. The second-order valence-corrected chi connectivity index (χ2v) is 8.47. The number of rotatable bonds is 9. The van der Waals surface area contributed by atoms with Crippen LogP contribution in [0, 0.1) is 0 Å². The maximum Gasteiger partial charge on any atom is 0.178 e. The molecule has 0 amide bonds. The quantitative estimate of drug-likeness (QED) is 0.270. The minimum absolute atomic E-state index is 0.0336. The Labute approximate surface area is 207 Å². The minimum Gasteiger partial charge on any atom is -0.494 e. The molecule has 4 aromatic heterocycles. The zero-order valence-electron chi connectivity index (χ0n) is 20.1. The summed E-state index contributed by atoms with van der Waals surface area (Å²) < 4.78 is 31.9. The molecule has 1 aliphatic rings. The van der Waals surface area contributed by atoms with Crippen molar-refractivity contribution in [1.29, 1.82) is 0 Å². The number of allylic oxidation sites excluding steroid dienone is 1. The van der Waals surface area contributed by atoms with Crippen molar-refractivity contribution in [2.45, 2.75) is 19.1 Å². The van der Waals surface area contributed by atoms with Gasteiger partial charge in [-0.25, -0.2) is 13.9 Å². The molecule has 4 aromatic rings. The minimum atomic E-state index is -0.549. The highest BCUT2D eigenvalue weighted by Crippen LogP contribution is 2.33. The van der Waals surface area contributed by atoms with Crippen LogP contribution in [0.5, 0.6) is 5.75 Å². The maximum absolute atomic E-state index is 13.8. The first kappa shape index (κ1) is 23.8. The summed E-state index contributed by atoms with van der Waals surface area (Å²) in [5, 5.41) is 12.5. The van der Waals surface area contributed by atoms with Gasteiger partial charge in [0, 0.05) is 30.4 Å². The Morgan fingerprint density at radius 1 is 1.33 bits per heavy atom. The third kappa shape index (κ3) is 4.50. The highest BCUT2D eigenvalue weighted by molar-refractivity contribution is 6.00. The summed E-state index contributed by atoms with van der Waals surface area (Å²) in [4.78, 5) is 6.77. The van der Waals surface area contributed by atoms with Crippen molar-refractivity contribution in [1.82, 2.24) is 24.8 Å². The van der Waals surface area contributed by atoms with Gasteiger partial charge in [-0.3, -0.25) is 5.10 Å². The van der Waals surface area contributed by atoms with Gasteiger partial charge in [0.1, 0.15) is 17.3 Å². The standard InChI is InChI=1S/C25H28FN7O3/c1-4-35-17-9-18(24-19-11-29-30-25(19)31-33(24)12-17)16-5-6-23(28-10-16)32-13-21(27)22(14-32)36-8-7-20(26)15(2)34-3/h5-7,9-12,21-22H,2,4,8,13-14,27H2,1,3H3,(H,30,31)/b20-7+/t21-,22-/m1/s1. The average molecular weight is 494 g/mol. The fourth-order valence-electron chi connectivity index (χ4n) is 4.36. The van der Waals surface area contributed by atoms with Crippen LogP contribution in [0.4, 0.5) is 10.2 Å². The number of halogens is 1. The molecule has 0 aliphatic carbocycles. The van der Waals surface area contributed by atoms with E-state index in [0.29, 0.717) is 31.1 Å². The van der Waals surface area contributed by atoms with Gasteiger partial charge in [0.2, 0.25) is 0 Å². The number of aromatic amines is 1. The molecule has 1 fully saturated rings. The second-order valence-electron chi connectivity index (χ2n) is 8.47. The highest BCUT2D eigenvalue weighted by atomic mass is 19.1. The number of aromatic nitrogens is 5. The van der Waals surface area contributed by atoms with Crippen LogP contribution in [-0.2, 0) is 9.47 Å². The lowest BCUT2D eigenvalue weighted by Gasteiger charge is -2.17. The maximum atomic E-state index is 13.8. The van der Waals surface area contributed by atoms with E-state index in [-0.39, 0.29) is 24.5 Å². The van der Waals surface area contributed by atoms with Gasteiger partial charge in [0.15, 0.2) is 11.5 Å². The molecule has 0 saturated carbocycles. The first-order valence-electron chi connectivity index (χ1n) is 11.6. The van der Waals surface area contributed by atoms with Crippen molar-refractivity contribution >= 4 is 22.4 Å². The number of ether oxygens (including phenoxy) is 3. The second kappa shape index (κ2) is 9.96. The van der Waals surface area contributed by atoms with Crippen molar-refractivity contribution in [3.05, 3.63) is 61.0 Å². The topological polar surface area (TPSA) is 116 Å². The largest absolute Gasteiger partial charge is 0.494 e. The number of hydrogen-bond acceptors (Lipinski definition) is 8. The van der Waals surface area contributed by atoms with E-state index in [4.69, 9.17) is 24.9 Å². The summed E-state index contributed by atoms with van der Waals surface area (Å²) in [5.41, 5.74) is 9.77. The lowest BCUT2D eigenvalue weighted by molar-refractivity contribution is 0.0784. The molecule has 0 unspecified atom stereocenters. The molecule has 0 aromatic carbocycles. The van der Waals surface area contributed by atoms with Gasteiger partial charge < -0.3 is 24.8 Å². The lowest BCUT2D eigenvalue weighted by Crippen LogP contribution is -2.35. The van der Waals surface area contributed by atoms with Crippen LogP contribution in [0.25, 0.3) is 27.7 Å². The van der Waals surface area contributed by atoms with Crippen molar-refractivity contribution in [3.63, 3.8) is 0 Å². The van der Waals surface area contributed by atoms with Crippen LogP contribution in [0.2, 0.25) is 0 Å². The first-order valence-corrected chi connectivity index (χ1v) is 11.6. The van der Waals surface area contributed by atoms with E-state index in [2.05, 4.69) is 26.8 Å². The predicted octanol–water partition coefficient (Wildman–Crippen LogP) is 3.22. The summed E-state index contributed by atoms with van der Waals surface area (Å²) in [6.45, 7) is 7.18. The predicted molar refractivity (Wildman–Crippen MR) is 135 cm³/mol. The van der Waals surface area contributed by atoms with E-state index in [0.717, 1.165) is 27.8 Å². The third-order valence-electron chi connectivity index (χ3n) is 6.19. The summed E-state index contributed by atoms with van der Waals surface area (Å²) in [5.74, 6) is 0.918. The molecule has 5 rings (SSSR count). The third-order valence-corrected chi connectivity index (χ3v) is 6.19. The van der Waals surface area contributed by atoms with Gasteiger partial charge in [-0.05, 0) is 31.2 Å². The Kier molecular flexibility index (Phi) is 6.57. The normalized spacial score (nSPS) is 18.3. The molecule has 188 valence electrons. The Morgan fingerprint density at radius 2 is 2.19 bits per heavy atom. The molecule has 36 heavy (non-hydrogen) atoms.